The molecule has 0 saturated heterocycles. The van der Waals surface area contributed by atoms with Crippen molar-refractivity contribution in [2.45, 2.75) is 12.6 Å². The predicted molar refractivity (Wildman–Crippen MR) is 76.9 cm³/mol. The first kappa shape index (κ1) is 14.0. The first-order valence-electron chi connectivity index (χ1n) is 6.12. The first-order chi connectivity index (χ1) is 9.02. The van der Waals surface area contributed by atoms with E-state index in [1.54, 1.807) is 23.9 Å². The molecule has 1 aliphatic rings. The Kier molecular flexibility index (Phi) is 4.17. The van der Waals surface area contributed by atoms with Crippen LogP contribution in [0.25, 0.3) is 0 Å². The Morgan fingerprint density at radius 3 is 2.89 bits per heavy atom. The van der Waals surface area contributed by atoms with Crippen molar-refractivity contribution in [3.63, 3.8) is 0 Å². The van der Waals surface area contributed by atoms with Crippen molar-refractivity contribution in [3.05, 3.63) is 23.8 Å². The van der Waals surface area contributed by atoms with Crippen LogP contribution in [-0.4, -0.2) is 48.7 Å². The Bertz CT molecular complexity index is 481. The Balaban J connectivity index is 2.15. The van der Waals surface area contributed by atoms with E-state index in [1.165, 1.54) is 0 Å². The standard InChI is InChI=1S/C13H18ClN3O2/c1-16-8-9-5-10(15-7-11(18)6-14)3-4-12(9)17(2)13(16)19/h3-5,11,15,18H,6-8H2,1-2H3. The maximum atomic E-state index is 11.8. The van der Waals surface area contributed by atoms with Gasteiger partial charge in [-0.15, -0.1) is 11.6 Å². The number of fused-ring (bicyclic) bond motifs is 1. The molecular formula is C13H18ClN3O2. The number of hydrogen-bond donors (Lipinski definition) is 2. The van der Waals surface area contributed by atoms with Crippen LogP contribution in [0.2, 0.25) is 0 Å². The summed E-state index contributed by atoms with van der Waals surface area (Å²) in [5.74, 6) is 0.206. The quantitative estimate of drug-likeness (QED) is 0.827. The number of carbonyl (C=O) groups is 1. The van der Waals surface area contributed by atoms with Crippen molar-refractivity contribution in [2.24, 2.45) is 0 Å². The molecule has 6 heteroatoms. The second-order valence-corrected chi connectivity index (χ2v) is 5.04. The second kappa shape index (κ2) is 5.67. The van der Waals surface area contributed by atoms with Gasteiger partial charge in [-0.05, 0) is 23.8 Å². The molecule has 2 N–H and O–H groups in total. The topological polar surface area (TPSA) is 55.8 Å². The van der Waals surface area contributed by atoms with Crippen molar-refractivity contribution in [1.29, 1.82) is 0 Å². The van der Waals surface area contributed by atoms with Crippen molar-refractivity contribution < 1.29 is 9.90 Å². The summed E-state index contributed by atoms with van der Waals surface area (Å²) in [4.78, 5) is 15.1. The molecule has 1 atom stereocenters. The third-order valence-corrected chi connectivity index (χ3v) is 3.54. The van der Waals surface area contributed by atoms with Crippen LogP contribution in [0.5, 0.6) is 0 Å². The van der Waals surface area contributed by atoms with Gasteiger partial charge >= 0.3 is 6.03 Å². The Labute approximate surface area is 117 Å². The number of benzene rings is 1. The highest BCUT2D eigenvalue weighted by molar-refractivity contribution is 6.18. The fraction of sp³-hybridized carbons (Fsp3) is 0.462. The third kappa shape index (κ3) is 2.93. The number of nitrogens with zero attached hydrogens (tertiary/aromatic N) is 2. The van der Waals surface area contributed by atoms with Gasteiger partial charge in [0.1, 0.15) is 0 Å². The minimum absolute atomic E-state index is 0.00854. The van der Waals surface area contributed by atoms with Gasteiger partial charge in [0, 0.05) is 32.9 Å². The molecule has 1 unspecified atom stereocenters. The van der Waals surface area contributed by atoms with Gasteiger partial charge in [0.25, 0.3) is 0 Å². The van der Waals surface area contributed by atoms with Crippen molar-refractivity contribution in [2.75, 3.05) is 36.7 Å². The van der Waals surface area contributed by atoms with Gasteiger partial charge in [-0.2, -0.15) is 0 Å². The number of amides is 2. The van der Waals surface area contributed by atoms with E-state index in [0.29, 0.717) is 13.1 Å². The van der Waals surface area contributed by atoms with Crippen LogP contribution in [0.1, 0.15) is 5.56 Å². The molecule has 1 aromatic carbocycles. The van der Waals surface area contributed by atoms with Crippen molar-refractivity contribution >= 4 is 29.0 Å². The molecule has 104 valence electrons. The summed E-state index contributed by atoms with van der Waals surface area (Å²) in [6, 6.07) is 5.80. The fourth-order valence-corrected chi connectivity index (χ4v) is 2.23. The van der Waals surface area contributed by atoms with Crippen LogP contribution in [0.4, 0.5) is 16.2 Å². The fourth-order valence-electron chi connectivity index (χ4n) is 2.12. The van der Waals surface area contributed by atoms with Gasteiger partial charge in [-0.3, -0.25) is 4.90 Å². The molecule has 0 aromatic heterocycles. The normalized spacial score (nSPS) is 16.3. The zero-order valence-corrected chi connectivity index (χ0v) is 11.8. The van der Waals surface area contributed by atoms with E-state index in [9.17, 15) is 9.90 Å². The van der Waals surface area contributed by atoms with Gasteiger partial charge in [0.05, 0.1) is 17.7 Å². The molecule has 1 aliphatic heterocycles. The number of halogens is 1. The summed E-state index contributed by atoms with van der Waals surface area (Å²) in [5.41, 5.74) is 2.92. The van der Waals surface area contributed by atoms with Crippen LogP contribution in [0, 0.1) is 0 Å². The van der Waals surface area contributed by atoms with E-state index in [-0.39, 0.29) is 11.9 Å². The van der Waals surface area contributed by atoms with E-state index < -0.39 is 6.10 Å². The van der Waals surface area contributed by atoms with Gasteiger partial charge in [0.2, 0.25) is 0 Å². The maximum absolute atomic E-state index is 11.8. The molecule has 0 bridgehead atoms. The molecule has 19 heavy (non-hydrogen) atoms. The largest absolute Gasteiger partial charge is 0.390 e. The zero-order chi connectivity index (χ0) is 14.0. The van der Waals surface area contributed by atoms with Crippen LogP contribution in [-0.2, 0) is 6.54 Å². The number of nitrogens with one attached hydrogen (secondary N) is 1. The van der Waals surface area contributed by atoms with Crippen molar-refractivity contribution in [1.82, 2.24) is 4.90 Å². The number of anilines is 2. The minimum Gasteiger partial charge on any atom is -0.390 e. The summed E-state index contributed by atoms with van der Waals surface area (Å²) in [7, 11) is 3.54. The number of carbonyl (C=O) groups excluding carboxylic acids is 1. The SMILES string of the molecule is CN1Cc2cc(NCC(O)CCl)ccc2N(C)C1=O. The molecule has 2 rings (SSSR count). The molecule has 0 radical (unpaired) electrons. The second-order valence-electron chi connectivity index (χ2n) is 4.73. The number of rotatable bonds is 4. The zero-order valence-electron chi connectivity index (χ0n) is 11.1. The molecule has 5 nitrogen and oxygen atoms in total. The average Bonchev–Trinajstić information content (AvgIpc) is 2.42. The monoisotopic (exact) mass is 283 g/mol. The lowest BCUT2D eigenvalue weighted by atomic mass is 10.1. The van der Waals surface area contributed by atoms with Gasteiger partial charge < -0.3 is 15.3 Å². The van der Waals surface area contributed by atoms with Gasteiger partial charge in [-0.25, -0.2) is 4.79 Å². The maximum Gasteiger partial charge on any atom is 0.324 e. The lowest BCUT2D eigenvalue weighted by molar-refractivity contribution is 0.211. The van der Waals surface area contributed by atoms with Crippen LogP contribution in [0.15, 0.2) is 18.2 Å². The summed E-state index contributed by atoms with van der Waals surface area (Å²) < 4.78 is 0. The van der Waals surface area contributed by atoms with E-state index in [2.05, 4.69) is 5.32 Å². The summed E-state index contributed by atoms with van der Waals surface area (Å²) >= 11 is 5.55. The minimum atomic E-state index is -0.565. The Morgan fingerprint density at radius 1 is 1.47 bits per heavy atom. The number of aliphatic hydroxyl groups excluding tert-OH is 1. The van der Waals surface area contributed by atoms with Crippen LogP contribution in [0.3, 0.4) is 0 Å². The Hall–Kier alpha value is -1.46. The molecule has 2 amide bonds. The number of aliphatic hydroxyl groups is 1. The van der Waals surface area contributed by atoms with Crippen LogP contribution >= 0.6 is 11.6 Å². The predicted octanol–water partition coefficient (Wildman–Crippen LogP) is 1.70. The molecule has 1 heterocycles. The molecular weight excluding hydrogens is 266 g/mol. The average molecular weight is 284 g/mol. The summed E-state index contributed by atoms with van der Waals surface area (Å²) in [6.07, 6.45) is -0.565. The number of urea groups is 1. The number of hydrogen-bond acceptors (Lipinski definition) is 3. The number of alkyl halides is 1. The molecule has 0 saturated carbocycles. The lowest BCUT2D eigenvalue weighted by Gasteiger charge is -2.33. The van der Waals surface area contributed by atoms with Gasteiger partial charge in [0.15, 0.2) is 0 Å². The highest BCUT2D eigenvalue weighted by Gasteiger charge is 2.24. The smallest absolute Gasteiger partial charge is 0.324 e. The summed E-state index contributed by atoms with van der Waals surface area (Å²) in [5, 5.41) is 12.6. The molecule has 0 spiro atoms. The highest BCUT2D eigenvalue weighted by atomic mass is 35.5. The highest BCUT2D eigenvalue weighted by Crippen LogP contribution is 2.29. The lowest BCUT2D eigenvalue weighted by Crippen LogP contribution is -2.42. The van der Waals surface area contributed by atoms with E-state index >= 15 is 0 Å². The van der Waals surface area contributed by atoms with Crippen LogP contribution < -0.4 is 10.2 Å². The third-order valence-electron chi connectivity index (χ3n) is 3.18. The Morgan fingerprint density at radius 2 is 2.21 bits per heavy atom. The summed E-state index contributed by atoms with van der Waals surface area (Å²) in [6.45, 7) is 0.999. The molecule has 0 fully saturated rings. The van der Waals surface area contributed by atoms with E-state index in [4.69, 9.17) is 11.6 Å². The molecule has 0 aliphatic carbocycles. The van der Waals surface area contributed by atoms with E-state index in [0.717, 1.165) is 16.9 Å². The molecule has 1 aromatic rings. The van der Waals surface area contributed by atoms with Crippen molar-refractivity contribution in [3.8, 4) is 0 Å². The first-order valence-corrected chi connectivity index (χ1v) is 6.66. The van der Waals surface area contributed by atoms with Gasteiger partial charge in [-0.1, -0.05) is 0 Å². The van der Waals surface area contributed by atoms with E-state index in [1.807, 2.05) is 18.2 Å².